The van der Waals surface area contributed by atoms with Gasteiger partial charge in [-0.25, -0.2) is 4.98 Å². The molecule has 2 amide bonds. The highest BCUT2D eigenvalue weighted by Crippen LogP contribution is 2.55. The zero-order valence-electron chi connectivity index (χ0n) is 23.1. The zero-order valence-corrected chi connectivity index (χ0v) is 24.7. The molecule has 0 radical (unpaired) electrons. The van der Waals surface area contributed by atoms with Crippen LogP contribution in [0.3, 0.4) is 0 Å². The molecule has 0 spiro atoms. The number of anilines is 1. The average Bonchev–Trinajstić information content (AvgIpc) is 3.57. The molecule has 4 atom stereocenters. The molecular weight excluding hydrogens is 624 g/mol. The molecule has 1 saturated heterocycles. The lowest BCUT2D eigenvalue weighted by Crippen LogP contribution is -2.39. The Bertz CT molecular complexity index is 2020. The number of fused-ring (bicyclic) bond motifs is 4. The molecule has 4 aromatic rings. The standard InChI is InChI=1S/C35H23BrN2O6/c36-25-16-27(40)31-24(32(25)41)15-23-21(29(31)18-4-3-5-20(39)14-18)12-13-22-30(23)35(43)38(34(22)42)19-10-8-17(9-11-19)33-37-26-6-1-2-7-28(26)44-33/h1-12,14,16,22-23,29-30,39H,13,15H2/t22-,23+,29-,30-/m0/s1. The SMILES string of the molecule is O=C1C=C(Br)C(=O)C2=C1[C@@H](c1cccc(O)c1)C1=CC[C@@H]3C(=O)N(c4ccc(-c5nc6ccccc6o5)cc4)C(=O)[C@@H]3[C@@H]1C2. The zero-order chi connectivity index (χ0) is 30.3. The predicted molar refractivity (Wildman–Crippen MR) is 165 cm³/mol. The van der Waals surface area contributed by atoms with Crippen molar-refractivity contribution < 1.29 is 28.7 Å². The van der Waals surface area contributed by atoms with Crippen LogP contribution in [-0.4, -0.2) is 33.5 Å². The van der Waals surface area contributed by atoms with Crippen LogP contribution in [0.4, 0.5) is 5.69 Å². The van der Waals surface area contributed by atoms with Crippen molar-refractivity contribution in [2.24, 2.45) is 17.8 Å². The summed E-state index contributed by atoms with van der Waals surface area (Å²) in [5, 5.41) is 10.3. The summed E-state index contributed by atoms with van der Waals surface area (Å²) in [6.45, 7) is 0. The van der Waals surface area contributed by atoms with E-state index in [0.717, 1.165) is 11.1 Å². The Hall–Kier alpha value is -4.89. The van der Waals surface area contributed by atoms with E-state index in [2.05, 4.69) is 20.9 Å². The molecule has 216 valence electrons. The largest absolute Gasteiger partial charge is 0.508 e. The first-order chi connectivity index (χ1) is 21.3. The summed E-state index contributed by atoms with van der Waals surface area (Å²) in [6, 6.07) is 21.1. The smallest absolute Gasteiger partial charge is 0.238 e. The molecule has 1 aliphatic heterocycles. The van der Waals surface area contributed by atoms with E-state index in [-0.39, 0.29) is 40.0 Å². The van der Waals surface area contributed by atoms with Gasteiger partial charge in [0.15, 0.2) is 17.1 Å². The van der Waals surface area contributed by atoms with Crippen molar-refractivity contribution in [3.63, 3.8) is 0 Å². The highest BCUT2D eigenvalue weighted by molar-refractivity contribution is 9.12. The number of nitrogens with zero attached hydrogens (tertiary/aromatic N) is 2. The predicted octanol–water partition coefficient (Wildman–Crippen LogP) is 6.17. The minimum absolute atomic E-state index is 0.0342. The van der Waals surface area contributed by atoms with Crippen molar-refractivity contribution >= 4 is 56.1 Å². The summed E-state index contributed by atoms with van der Waals surface area (Å²) in [5.41, 5.74) is 4.77. The van der Waals surface area contributed by atoms with Crippen LogP contribution in [0.5, 0.6) is 5.75 Å². The van der Waals surface area contributed by atoms with Crippen LogP contribution in [-0.2, 0) is 19.2 Å². The molecule has 1 N–H and O–H groups in total. The van der Waals surface area contributed by atoms with Gasteiger partial charge in [-0.05, 0) is 88.8 Å². The van der Waals surface area contributed by atoms with E-state index >= 15 is 0 Å². The fourth-order valence-electron chi connectivity index (χ4n) is 7.29. The monoisotopic (exact) mass is 646 g/mol. The first kappa shape index (κ1) is 26.7. The third-order valence-electron chi connectivity index (χ3n) is 9.20. The number of aromatic hydroxyl groups is 1. The topological polar surface area (TPSA) is 118 Å². The number of rotatable bonds is 3. The summed E-state index contributed by atoms with van der Waals surface area (Å²) < 4.78 is 6.05. The van der Waals surface area contributed by atoms with Crippen LogP contribution >= 0.6 is 15.9 Å². The quantitative estimate of drug-likeness (QED) is 0.161. The van der Waals surface area contributed by atoms with E-state index in [1.165, 1.54) is 11.0 Å². The molecule has 1 aromatic heterocycles. The van der Waals surface area contributed by atoms with E-state index < -0.39 is 23.7 Å². The van der Waals surface area contributed by atoms with E-state index in [1.807, 2.05) is 36.4 Å². The fraction of sp³-hybridized carbons (Fsp3) is 0.171. The van der Waals surface area contributed by atoms with Gasteiger partial charge in [0.2, 0.25) is 17.7 Å². The van der Waals surface area contributed by atoms with Crippen molar-refractivity contribution in [3.8, 4) is 17.2 Å². The normalized spacial score (nSPS) is 24.7. The number of imide groups is 1. The molecule has 0 bridgehead atoms. The number of halogens is 1. The van der Waals surface area contributed by atoms with Gasteiger partial charge < -0.3 is 9.52 Å². The van der Waals surface area contributed by atoms with Crippen LogP contribution in [0.1, 0.15) is 24.3 Å². The molecular formula is C35H23BrN2O6. The number of benzene rings is 3. The number of aromatic nitrogens is 1. The number of phenolic OH excluding ortho intramolecular Hbond substituents is 1. The Labute approximate surface area is 259 Å². The summed E-state index contributed by atoms with van der Waals surface area (Å²) >= 11 is 3.24. The Kier molecular flexibility index (Phi) is 5.96. The first-order valence-corrected chi connectivity index (χ1v) is 15.1. The lowest BCUT2D eigenvalue weighted by molar-refractivity contribution is -0.123. The Morgan fingerprint density at radius 2 is 1.70 bits per heavy atom. The number of Topliss-reactive ketones (excluding diaryl/α,β-unsaturated/α-hetero) is 1. The molecule has 0 saturated carbocycles. The molecule has 44 heavy (non-hydrogen) atoms. The van der Waals surface area contributed by atoms with Gasteiger partial charge in [-0.2, -0.15) is 0 Å². The number of hydrogen-bond donors (Lipinski definition) is 1. The van der Waals surface area contributed by atoms with E-state index in [1.54, 1.807) is 42.5 Å². The van der Waals surface area contributed by atoms with Crippen LogP contribution in [0, 0.1) is 17.8 Å². The molecule has 0 unspecified atom stereocenters. The van der Waals surface area contributed by atoms with Gasteiger partial charge in [0.1, 0.15) is 11.3 Å². The second kappa shape index (κ2) is 9.82. The molecule has 3 aromatic carbocycles. The van der Waals surface area contributed by atoms with Gasteiger partial charge in [-0.3, -0.25) is 24.1 Å². The third kappa shape index (κ3) is 3.92. The van der Waals surface area contributed by atoms with Gasteiger partial charge in [-0.1, -0.05) is 35.9 Å². The van der Waals surface area contributed by atoms with Gasteiger partial charge in [0, 0.05) is 28.7 Å². The number of amides is 2. The average molecular weight is 647 g/mol. The number of carbonyl (C=O) groups excluding carboxylic acids is 4. The molecule has 8 rings (SSSR count). The Balaban J connectivity index is 1.16. The molecule has 9 heteroatoms. The third-order valence-corrected chi connectivity index (χ3v) is 9.79. The highest BCUT2D eigenvalue weighted by atomic mass is 79.9. The molecule has 2 heterocycles. The van der Waals surface area contributed by atoms with Gasteiger partial charge in [-0.15, -0.1) is 0 Å². The number of hydrogen-bond acceptors (Lipinski definition) is 7. The molecule has 8 nitrogen and oxygen atoms in total. The van der Waals surface area contributed by atoms with E-state index in [9.17, 15) is 24.3 Å². The number of oxazole rings is 1. The Morgan fingerprint density at radius 1 is 0.909 bits per heavy atom. The summed E-state index contributed by atoms with van der Waals surface area (Å²) in [5.74, 6) is -3.08. The van der Waals surface area contributed by atoms with Crippen LogP contribution in [0.25, 0.3) is 22.6 Å². The number of ketones is 2. The van der Waals surface area contributed by atoms with Crippen molar-refractivity contribution in [2.75, 3.05) is 4.90 Å². The maximum atomic E-state index is 14.2. The minimum Gasteiger partial charge on any atom is -0.508 e. The summed E-state index contributed by atoms with van der Waals surface area (Å²) in [6.07, 6.45) is 3.76. The van der Waals surface area contributed by atoms with Gasteiger partial charge in [0.25, 0.3) is 0 Å². The second-order valence-corrected chi connectivity index (χ2v) is 12.4. The molecule has 4 aliphatic rings. The first-order valence-electron chi connectivity index (χ1n) is 14.3. The summed E-state index contributed by atoms with van der Waals surface area (Å²) in [4.78, 5) is 60.5. The minimum atomic E-state index is -0.694. The van der Waals surface area contributed by atoms with Crippen LogP contribution in [0.2, 0.25) is 0 Å². The number of allylic oxidation sites excluding steroid dienone is 6. The second-order valence-electron chi connectivity index (χ2n) is 11.5. The lowest BCUT2D eigenvalue weighted by atomic mass is 9.59. The van der Waals surface area contributed by atoms with E-state index in [0.29, 0.717) is 45.9 Å². The van der Waals surface area contributed by atoms with E-state index in [4.69, 9.17) is 4.42 Å². The number of carbonyl (C=O) groups is 4. The maximum absolute atomic E-state index is 14.2. The van der Waals surface area contributed by atoms with Gasteiger partial charge in [0.05, 0.1) is 22.0 Å². The van der Waals surface area contributed by atoms with Crippen molar-refractivity contribution in [1.82, 2.24) is 4.98 Å². The lowest BCUT2D eigenvalue weighted by Gasteiger charge is -2.42. The molecule has 1 fully saturated rings. The Morgan fingerprint density at radius 3 is 2.48 bits per heavy atom. The van der Waals surface area contributed by atoms with Crippen molar-refractivity contribution in [2.45, 2.75) is 18.8 Å². The maximum Gasteiger partial charge on any atom is 0.238 e. The fourth-order valence-corrected chi connectivity index (χ4v) is 7.74. The van der Waals surface area contributed by atoms with Crippen LogP contribution in [0.15, 0.2) is 111 Å². The molecule has 3 aliphatic carbocycles. The number of para-hydroxylation sites is 2. The number of phenols is 1. The van der Waals surface area contributed by atoms with Crippen molar-refractivity contribution in [3.05, 3.63) is 112 Å². The van der Waals surface area contributed by atoms with Crippen LogP contribution < -0.4 is 4.90 Å². The van der Waals surface area contributed by atoms with Crippen molar-refractivity contribution in [1.29, 1.82) is 0 Å². The summed E-state index contributed by atoms with van der Waals surface area (Å²) in [7, 11) is 0. The highest BCUT2D eigenvalue weighted by Gasteiger charge is 2.56. The van der Waals surface area contributed by atoms with Gasteiger partial charge >= 0.3 is 0 Å².